The number of hydrogen-bond acceptors (Lipinski definition) is 2. The molecule has 2 nitrogen and oxygen atoms in total. The Balaban J connectivity index is 2.15. The van der Waals surface area contributed by atoms with E-state index in [1.165, 1.54) is 27.9 Å². The lowest BCUT2D eigenvalue weighted by atomic mass is 10.1. The maximum absolute atomic E-state index is 5.62. The fourth-order valence-electron chi connectivity index (χ4n) is 2.20. The molecule has 0 amide bonds. The van der Waals surface area contributed by atoms with E-state index in [1.807, 2.05) is 0 Å². The molecule has 0 heterocycles. The standard InChI is InChI=1S/C17H22N2/c1-13-4-5-14(2)16(10-13)12-19(3)17-8-6-15(11-18)7-9-17/h4-10H,11-12,18H2,1-3H3. The highest BCUT2D eigenvalue weighted by Gasteiger charge is 2.05. The van der Waals surface area contributed by atoms with Crippen molar-refractivity contribution in [3.8, 4) is 0 Å². The SMILES string of the molecule is Cc1ccc(C)c(CN(C)c2ccc(CN)cc2)c1. The van der Waals surface area contributed by atoms with Crippen molar-refractivity contribution >= 4 is 5.69 Å². The van der Waals surface area contributed by atoms with E-state index in [0.717, 1.165) is 6.54 Å². The van der Waals surface area contributed by atoms with Gasteiger partial charge in [-0.3, -0.25) is 0 Å². The Labute approximate surface area is 115 Å². The fourth-order valence-corrected chi connectivity index (χ4v) is 2.20. The number of benzene rings is 2. The summed E-state index contributed by atoms with van der Waals surface area (Å²) < 4.78 is 0. The van der Waals surface area contributed by atoms with E-state index in [1.54, 1.807) is 0 Å². The van der Waals surface area contributed by atoms with Crippen molar-refractivity contribution in [3.63, 3.8) is 0 Å². The maximum Gasteiger partial charge on any atom is 0.0428 e. The summed E-state index contributed by atoms with van der Waals surface area (Å²) in [5, 5.41) is 0. The Hall–Kier alpha value is -1.80. The molecule has 0 unspecified atom stereocenters. The molecule has 100 valence electrons. The molecule has 19 heavy (non-hydrogen) atoms. The van der Waals surface area contributed by atoms with Crippen LogP contribution in [0.2, 0.25) is 0 Å². The van der Waals surface area contributed by atoms with Gasteiger partial charge >= 0.3 is 0 Å². The molecule has 0 spiro atoms. The molecule has 0 saturated heterocycles. The van der Waals surface area contributed by atoms with Gasteiger partial charge in [0.05, 0.1) is 0 Å². The third-order valence-electron chi connectivity index (χ3n) is 3.52. The van der Waals surface area contributed by atoms with Gasteiger partial charge in [-0.25, -0.2) is 0 Å². The number of aryl methyl sites for hydroxylation is 2. The molecule has 2 heteroatoms. The van der Waals surface area contributed by atoms with Gasteiger partial charge < -0.3 is 10.6 Å². The van der Waals surface area contributed by atoms with Crippen molar-refractivity contribution in [2.24, 2.45) is 5.73 Å². The van der Waals surface area contributed by atoms with Crippen LogP contribution in [-0.2, 0) is 13.1 Å². The highest BCUT2D eigenvalue weighted by molar-refractivity contribution is 5.48. The summed E-state index contributed by atoms with van der Waals surface area (Å²) in [5.41, 5.74) is 12.0. The molecular weight excluding hydrogens is 232 g/mol. The molecule has 2 rings (SSSR count). The topological polar surface area (TPSA) is 29.3 Å². The minimum atomic E-state index is 0.598. The third kappa shape index (κ3) is 3.36. The van der Waals surface area contributed by atoms with E-state index in [-0.39, 0.29) is 0 Å². The molecule has 2 N–H and O–H groups in total. The molecule has 0 radical (unpaired) electrons. The summed E-state index contributed by atoms with van der Waals surface area (Å²) >= 11 is 0. The van der Waals surface area contributed by atoms with Crippen LogP contribution in [0.5, 0.6) is 0 Å². The monoisotopic (exact) mass is 254 g/mol. The minimum absolute atomic E-state index is 0.598. The second-order valence-corrected chi connectivity index (χ2v) is 5.16. The first-order valence-corrected chi connectivity index (χ1v) is 6.66. The predicted octanol–water partition coefficient (Wildman–Crippen LogP) is 3.40. The lowest BCUT2D eigenvalue weighted by Gasteiger charge is -2.21. The van der Waals surface area contributed by atoms with E-state index in [4.69, 9.17) is 5.73 Å². The first-order chi connectivity index (χ1) is 9.10. The van der Waals surface area contributed by atoms with Gasteiger partial charge in [0.1, 0.15) is 0 Å². The second kappa shape index (κ2) is 5.89. The number of nitrogens with zero attached hydrogens (tertiary/aromatic N) is 1. The Kier molecular flexibility index (Phi) is 4.23. The molecular formula is C17H22N2. The van der Waals surface area contributed by atoms with E-state index in [2.05, 4.69) is 68.3 Å². The normalized spacial score (nSPS) is 10.5. The van der Waals surface area contributed by atoms with Gasteiger partial charge in [-0.05, 0) is 42.7 Å². The van der Waals surface area contributed by atoms with Crippen LogP contribution in [0.1, 0.15) is 22.3 Å². The zero-order chi connectivity index (χ0) is 13.8. The minimum Gasteiger partial charge on any atom is -0.370 e. The van der Waals surface area contributed by atoms with Gasteiger partial charge in [0.15, 0.2) is 0 Å². The third-order valence-corrected chi connectivity index (χ3v) is 3.52. The molecule has 2 aromatic carbocycles. The van der Waals surface area contributed by atoms with Crippen LogP contribution in [0.4, 0.5) is 5.69 Å². The molecule has 0 bridgehead atoms. The van der Waals surface area contributed by atoms with Gasteiger partial charge in [-0.15, -0.1) is 0 Å². The average Bonchev–Trinajstić information content (AvgIpc) is 2.43. The van der Waals surface area contributed by atoms with Crippen LogP contribution in [0.25, 0.3) is 0 Å². The first kappa shape index (κ1) is 13.6. The quantitative estimate of drug-likeness (QED) is 0.906. The van der Waals surface area contributed by atoms with Gasteiger partial charge in [0.2, 0.25) is 0 Å². The molecule has 0 aromatic heterocycles. The number of rotatable bonds is 4. The summed E-state index contributed by atoms with van der Waals surface area (Å²) in [6.45, 7) is 5.83. The zero-order valence-corrected chi connectivity index (χ0v) is 12.0. The Morgan fingerprint density at radius 1 is 1.00 bits per heavy atom. The molecule has 0 saturated carbocycles. The number of anilines is 1. The molecule has 2 aromatic rings. The van der Waals surface area contributed by atoms with Crippen LogP contribution in [-0.4, -0.2) is 7.05 Å². The van der Waals surface area contributed by atoms with Crippen molar-refractivity contribution in [3.05, 3.63) is 64.7 Å². The van der Waals surface area contributed by atoms with Crippen molar-refractivity contribution in [2.75, 3.05) is 11.9 Å². The van der Waals surface area contributed by atoms with Crippen LogP contribution in [0.3, 0.4) is 0 Å². The fraction of sp³-hybridized carbons (Fsp3) is 0.294. The van der Waals surface area contributed by atoms with E-state index < -0.39 is 0 Å². The maximum atomic E-state index is 5.62. The zero-order valence-electron chi connectivity index (χ0n) is 12.0. The Morgan fingerprint density at radius 3 is 2.32 bits per heavy atom. The van der Waals surface area contributed by atoms with E-state index in [0.29, 0.717) is 6.54 Å². The van der Waals surface area contributed by atoms with E-state index >= 15 is 0 Å². The van der Waals surface area contributed by atoms with Crippen molar-refractivity contribution in [2.45, 2.75) is 26.9 Å². The molecule has 0 aliphatic rings. The molecule has 0 aliphatic carbocycles. The lowest BCUT2D eigenvalue weighted by Crippen LogP contribution is -2.17. The van der Waals surface area contributed by atoms with Crippen molar-refractivity contribution in [1.29, 1.82) is 0 Å². The van der Waals surface area contributed by atoms with Gasteiger partial charge in [-0.1, -0.05) is 35.9 Å². The Bertz CT molecular complexity index is 544. The summed E-state index contributed by atoms with van der Waals surface area (Å²) in [6, 6.07) is 15.1. The van der Waals surface area contributed by atoms with Gasteiger partial charge in [-0.2, -0.15) is 0 Å². The smallest absolute Gasteiger partial charge is 0.0428 e. The van der Waals surface area contributed by atoms with Gasteiger partial charge in [0, 0.05) is 25.8 Å². The molecule has 0 fully saturated rings. The lowest BCUT2D eigenvalue weighted by molar-refractivity contribution is 0.911. The number of hydrogen-bond donors (Lipinski definition) is 1. The van der Waals surface area contributed by atoms with Crippen molar-refractivity contribution < 1.29 is 0 Å². The Morgan fingerprint density at radius 2 is 1.68 bits per heavy atom. The molecule has 0 aliphatic heterocycles. The van der Waals surface area contributed by atoms with Gasteiger partial charge in [0.25, 0.3) is 0 Å². The average molecular weight is 254 g/mol. The summed E-state index contributed by atoms with van der Waals surface area (Å²) in [7, 11) is 2.12. The molecule has 0 atom stereocenters. The van der Waals surface area contributed by atoms with Crippen LogP contribution in [0.15, 0.2) is 42.5 Å². The number of nitrogens with two attached hydrogens (primary N) is 1. The summed E-state index contributed by atoms with van der Waals surface area (Å²) in [5.74, 6) is 0. The van der Waals surface area contributed by atoms with Crippen LogP contribution < -0.4 is 10.6 Å². The van der Waals surface area contributed by atoms with Crippen LogP contribution >= 0.6 is 0 Å². The largest absolute Gasteiger partial charge is 0.370 e. The highest BCUT2D eigenvalue weighted by Crippen LogP contribution is 2.19. The highest BCUT2D eigenvalue weighted by atomic mass is 15.1. The van der Waals surface area contributed by atoms with Crippen molar-refractivity contribution in [1.82, 2.24) is 0 Å². The first-order valence-electron chi connectivity index (χ1n) is 6.66. The summed E-state index contributed by atoms with van der Waals surface area (Å²) in [4.78, 5) is 2.27. The second-order valence-electron chi connectivity index (χ2n) is 5.16. The predicted molar refractivity (Wildman–Crippen MR) is 82.4 cm³/mol. The van der Waals surface area contributed by atoms with Crippen LogP contribution in [0, 0.1) is 13.8 Å². The van der Waals surface area contributed by atoms with E-state index in [9.17, 15) is 0 Å². The summed E-state index contributed by atoms with van der Waals surface area (Å²) in [6.07, 6.45) is 0.